The van der Waals surface area contributed by atoms with Gasteiger partial charge in [-0.15, -0.1) is 0 Å². The highest BCUT2D eigenvalue weighted by Crippen LogP contribution is 2.23. The second kappa shape index (κ2) is 9.15. The number of carbonyl (C=O) groups excluding carboxylic acids is 1. The van der Waals surface area contributed by atoms with Gasteiger partial charge in [-0.05, 0) is 48.5 Å². The lowest BCUT2D eigenvalue weighted by atomic mass is 10.1. The van der Waals surface area contributed by atoms with Gasteiger partial charge >= 0.3 is 0 Å². The Balaban J connectivity index is 1.75. The first-order chi connectivity index (χ1) is 13.8. The molecule has 1 saturated heterocycles. The van der Waals surface area contributed by atoms with Gasteiger partial charge in [0.05, 0.1) is 18.5 Å². The third-order valence-corrected chi connectivity index (χ3v) is 6.54. The number of rotatable bonds is 6. The maximum absolute atomic E-state index is 12.8. The molecule has 1 aliphatic rings. The number of benzene rings is 2. The molecule has 0 radical (unpaired) electrons. The number of nitrogens with zero attached hydrogens (tertiary/aromatic N) is 3. The molecule has 156 valence electrons. The average molecular weight is 436 g/mol. The van der Waals surface area contributed by atoms with Gasteiger partial charge in [-0.2, -0.15) is 0 Å². The van der Waals surface area contributed by atoms with Crippen LogP contribution in [0.2, 0.25) is 5.02 Å². The van der Waals surface area contributed by atoms with Gasteiger partial charge in [0.15, 0.2) is 0 Å². The Bertz CT molecular complexity index is 938. The smallest absolute Gasteiger partial charge is 0.253 e. The minimum Gasteiger partial charge on any atom is -0.336 e. The highest BCUT2D eigenvalue weighted by atomic mass is 35.5. The molecule has 2 aromatic carbocycles. The summed E-state index contributed by atoms with van der Waals surface area (Å²) >= 11 is 5.91. The van der Waals surface area contributed by atoms with Crippen LogP contribution in [0, 0.1) is 0 Å². The van der Waals surface area contributed by atoms with E-state index in [9.17, 15) is 13.2 Å². The summed E-state index contributed by atoms with van der Waals surface area (Å²) < 4.78 is 26.0. The van der Waals surface area contributed by atoms with Gasteiger partial charge in [0, 0.05) is 36.8 Å². The molecule has 8 heteroatoms. The van der Waals surface area contributed by atoms with Crippen LogP contribution in [0.25, 0.3) is 0 Å². The SMILES string of the molecule is CCN1CCN(C(=O)c2ccc(N(Cc3ccc(Cl)cc3)S(C)(=O)=O)cc2)CC1. The van der Waals surface area contributed by atoms with Crippen LogP contribution in [-0.4, -0.2) is 63.1 Å². The minimum absolute atomic E-state index is 0.0177. The number of piperazine rings is 1. The zero-order valence-electron chi connectivity index (χ0n) is 16.7. The lowest BCUT2D eigenvalue weighted by Crippen LogP contribution is -2.48. The first kappa shape index (κ1) is 21.6. The zero-order chi connectivity index (χ0) is 21.0. The Morgan fingerprint density at radius 2 is 1.59 bits per heavy atom. The topological polar surface area (TPSA) is 60.9 Å². The zero-order valence-corrected chi connectivity index (χ0v) is 18.3. The first-order valence-corrected chi connectivity index (χ1v) is 11.8. The fraction of sp³-hybridized carbons (Fsp3) is 0.381. The second-order valence-corrected chi connectivity index (χ2v) is 9.51. The monoisotopic (exact) mass is 435 g/mol. The molecule has 0 unspecified atom stereocenters. The normalized spacial score (nSPS) is 15.3. The minimum atomic E-state index is -3.49. The molecule has 2 aromatic rings. The number of halogens is 1. The molecule has 0 spiro atoms. The van der Waals surface area contributed by atoms with Gasteiger partial charge in [0.1, 0.15) is 0 Å². The van der Waals surface area contributed by atoms with E-state index in [-0.39, 0.29) is 12.5 Å². The van der Waals surface area contributed by atoms with Crippen molar-refractivity contribution in [3.63, 3.8) is 0 Å². The number of sulfonamides is 1. The molecule has 1 heterocycles. The van der Waals surface area contributed by atoms with E-state index >= 15 is 0 Å². The van der Waals surface area contributed by atoms with Crippen LogP contribution in [0.3, 0.4) is 0 Å². The molecule has 0 aliphatic carbocycles. The number of hydrogen-bond donors (Lipinski definition) is 0. The second-order valence-electron chi connectivity index (χ2n) is 7.17. The van der Waals surface area contributed by atoms with Crippen molar-refractivity contribution < 1.29 is 13.2 Å². The number of anilines is 1. The van der Waals surface area contributed by atoms with Crippen molar-refractivity contribution in [2.75, 3.05) is 43.3 Å². The van der Waals surface area contributed by atoms with Crippen molar-refractivity contribution in [3.05, 3.63) is 64.7 Å². The Kier molecular flexibility index (Phi) is 6.82. The number of hydrogen-bond acceptors (Lipinski definition) is 4. The van der Waals surface area contributed by atoms with E-state index in [1.54, 1.807) is 48.5 Å². The Morgan fingerprint density at radius 3 is 2.10 bits per heavy atom. The predicted molar refractivity (Wildman–Crippen MR) is 117 cm³/mol. The molecule has 3 rings (SSSR count). The van der Waals surface area contributed by atoms with E-state index in [1.165, 1.54) is 10.6 Å². The van der Waals surface area contributed by atoms with Crippen LogP contribution < -0.4 is 4.31 Å². The molecular formula is C21H26ClN3O3S. The standard InChI is InChI=1S/C21H26ClN3O3S/c1-3-23-12-14-24(15-13-23)21(26)18-6-10-20(11-7-18)25(29(2,27)28)16-17-4-8-19(22)9-5-17/h4-11H,3,12-16H2,1-2H3. The molecule has 29 heavy (non-hydrogen) atoms. The maximum Gasteiger partial charge on any atom is 0.253 e. The summed E-state index contributed by atoms with van der Waals surface area (Å²) in [5, 5.41) is 0.599. The summed E-state index contributed by atoms with van der Waals surface area (Å²) in [5.74, 6) is -0.0177. The molecule has 0 atom stereocenters. The Hall–Kier alpha value is -2.09. The van der Waals surface area contributed by atoms with E-state index in [4.69, 9.17) is 11.6 Å². The quantitative estimate of drug-likeness (QED) is 0.699. The van der Waals surface area contributed by atoms with Crippen molar-refractivity contribution in [3.8, 4) is 0 Å². The van der Waals surface area contributed by atoms with Crippen LogP contribution in [0.1, 0.15) is 22.8 Å². The number of likely N-dealkylation sites (N-methyl/N-ethyl adjacent to an activating group) is 1. The van der Waals surface area contributed by atoms with Gasteiger partial charge in [0.25, 0.3) is 5.91 Å². The molecular weight excluding hydrogens is 410 g/mol. The molecule has 1 amide bonds. The third kappa shape index (κ3) is 5.50. The number of carbonyl (C=O) groups is 1. The van der Waals surface area contributed by atoms with Crippen LogP contribution in [0.15, 0.2) is 48.5 Å². The van der Waals surface area contributed by atoms with E-state index in [0.29, 0.717) is 29.4 Å². The van der Waals surface area contributed by atoms with Crippen LogP contribution in [0.5, 0.6) is 0 Å². The van der Waals surface area contributed by atoms with Gasteiger partial charge < -0.3 is 9.80 Å². The van der Waals surface area contributed by atoms with Crippen LogP contribution in [0.4, 0.5) is 5.69 Å². The fourth-order valence-corrected chi connectivity index (χ4v) is 4.39. The Labute approximate surface area is 177 Å². The molecule has 0 bridgehead atoms. The summed E-state index contributed by atoms with van der Waals surface area (Å²) in [4.78, 5) is 16.9. The number of amides is 1. The van der Waals surface area contributed by atoms with Crippen molar-refractivity contribution in [2.45, 2.75) is 13.5 Å². The lowest BCUT2D eigenvalue weighted by molar-refractivity contribution is 0.0643. The van der Waals surface area contributed by atoms with Gasteiger partial charge in [-0.1, -0.05) is 30.7 Å². The fourth-order valence-electron chi connectivity index (χ4n) is 3.38. The molecule has 0 N–H and O–H groups in total. The van der Waals surface area contributed by atoms with E-state index in [2.05, 4.69) is 11.8 Å². The molecule has 0 aromatic heterocycles. The highest BCUT2D eigenvalue weighted by molar-refractivity contribution is 7.92. The molecule has 6 nitrogen and oxygen atoms in total. The molecule has 1 fully saturated rings. The molecule has 1 aliphatic heterocycles. The lowest BCUT2D eigenvalue weighted by Gasteiger charge is -2.34. The van der Waals surface area contributed by atoms with Crippen molar-refractivity contribution >= 4 is 33.2 Å². The summed E-state index contributed by atoms with van der Waals surface area (Å²) in [6.07, 6.45) is 1.18. The van der Waals surface area contributed by atoms with Crippen molar-refractivity contribution in [2.24, 2.45) is 0 Å². The van der Waals surface area contributed by atoms with Crippen molar-refractivity contribution in [1.29, 1.82) is 0 Å². The summed E-state index contributed by atoms with van der Waals surface area (Å²) in [6, 6.07) is 13.8. The summed E-state index contributed by atoms with van der Waals surface area (Å²) in [7, 11) is -3.49. The first-order valence-electron chi connectivity index (χ1n) is 9.62. The molecule has 0 saturated carbocycles. The van der Waals surface area contributed by atoms with Gasteiger partial charge in [-0.3, -0.25) is 9.10 Å². The summed E-state index contributed by atoms with van der Waals surface area (Å²) in [6.45, 7) is 6.48. The van der Waals surface area contributed by atoms with E-state index in [0.717, 1.165) is 25.2 Å². The predicted octanol–water partition coefficient (Wildman–Crippen LogP) is 3.08. The van der Waals surface area contributed by atoms with Gasteiger partial charge in [-0.25, -0.2) is 8.42 Å². The van der Waals surface area contributed by atoms with Gasteiger partial charge in [0.2, 0.25) is 10.0 Å². The summed E-state index contributed by atoms with van der Waals surface area (Å²) in [5.41, 5.74) is 1.92. The van der Waals surface area contributed by atoms with E-state index in [1.807, 2.05) is 4.90 Å². The van der Waals surface area contributed by atoms with E-state index < -0.39 is 10.0 Å². The average Bonchev–Trinajstić information content (AvgIpc) is 2.72. The Morgan fingerprint density at radius 1 is 1.00 bits per heavy atom. The van der Waals surface area contributed by atoms with Crippen LogP contribution >= 0.6 is 11.6 Å². The highest BCUT2D eigenvalue weighted by Gasteiger charge is 2.22. The third-order valence-electron chi connectivity index (χ3n) is 5.15. The van der Waals surface area contributed by atoms with Crippen LogP contribution in [-0.2, 0) is 16.6 Å². The van der Waals surface area contributed by atoms with Crippen molar-refractivity contribution in [1.82, 2.24) is 9.80 Å². The largest absolute Gasteiger partial charge is 0.336 e. The maximum atomic E-state index is 12.8.